The maximum Gasteiger partial charge on any atom is 0.148 e. The molecule has 0 saturated carbocycles. The van der Waals surface area contributed by atoms with E-state index >= 15 is 0 Å². The van der Waals surface area contributed by atoms with E-state index in [9.17, 15) is 0 Å². The summed E-state index contributed by atoms with van der Waals surface area (Å²) in [5.74, 6) is 3.31. The highest BCUT2D eigenvalue weighted by Crippen LogP contribution is 2.12. The molecule has 0 fully saturated rings. The summed E-state index contributed by atoms with van der Waals surface area (Å²) in [4.78, 5) is 2.44. The van der Waals surface area contributed by atoms with Crippen LogP contribution in [0.3, 0.4) is 0 Å². The van der Waals surface area contributed by atoms with E-state index in [0.717, 1.165) is 38.5 Å². The maximum atomic E-state index is 5.41. The first-order chi connectivity index (χ1) is 9.80. The Labute approximate surface area is 123 Å². The number of hydrogen-bond acceptors (Lipinski definition) is 3. The fourth-order valence-corrected chi connectivity index (χ4v) is 2.07. The lowest BCUT2D eigenvalue weighted by atomic mass is 10.2. The highest BCUT2D eigenvalue weighted by molar-refractivity contribution is 5.28. The molecule has 0 heterocycles. The van der Waals surface area contributed by atoms with Gasteiger partial charge in [0.2, 0.25) is 0 Å². The van der Waals surface area contributed by atoms with Crippen molar-refractivity contribution in [1.29, 1.82) is 0 Å². The molecule has 1 aromatic carbocycles. The fraction of sp³-hybridized carbons (Fsp3) is 0.529. The van der Waals surface area contributed by atoms with Crippen LogP contribution in [0.25, 0.3) is 0 Å². The molecule has 1 rings (SSSR count). The average molecular weight is 274 g/mol. The Hall–Kier alpha value is -1.50. The van der Waals surface area contributed by atoms with Crippen molar-refractivity contribution >= 4 is 0 Å². The summed E-state index contributed by atoms with van der Waals surface area (Å²) in [5, 5.41) is 3.47. The monoisotopic (exact) mass is 274 g/mol. The van der Waals surface area contributed by atoms with Gasteiger partial charge in [-0.3, -0.25) is 0 Å². The van der Waals surface area contributed by atoms with E-state index in [-0.39, 0.29) is 0 Å². The van der Waals surface area contributed by atoms with Gasteiger partial charge in [-0.1, -0.05) is 31.9 Å². The van der Waals surface area contributed by atoms with Crippen molar-refractivity contribution in [2.45, 2.75) is 26.8 Å². The van der Waals surface area contributed by atoms with Crippen LogP contribution in [0, 0.1) is 12.3 Å². The van der Waals surface area contributed by atoms with Crippen LogP contribution in [-0.2, 0) is 6.54 Å². The van der Waals surface area contributed by atoms with Crippen LogP contribution in [0.4, 0.5) is 0 Å². The summed E-state index contributed by atoms with van der Waals surface area (Å²) < 4.78 is 5.41. The molecule has 1 aromatic rings. The standard InChI is InChI=1S/C17H26N2O/c1-4-13-20-17-10-7-9-16(14-17)15-18-11-8-12-19(5-2)6-3/h1,7,9-10,14,18H,5-6,8,11-13,15H2,2-3H3. The third-order valence-electron chi connectivity index (χ3n) is 3.27. The lowest BCUT2D eigenvalue weighted by Crippen LogP contribution is -2.27. The molecule has 0 aromatic heterocycles. The number of nitrogens with one attached hydrogen (secondary N) is 1. The van der Waals surface area contributed by atoms with Crippen LogP contribution in [0.5, 0.6) is 5.75 Å². The summed E-state index contributed by atoms with van der Waals surface area (Å²) >= 11 is 0. The third-order valence-corrected chi connectivity index (χ3v) is 3.27. The maximum absolute atomic E-state index is 5.41. The Balaban J connectivity index is 2.23. The Morgan fingerprint density at radius 2 is 2.10 bits per heavy atom. The van der Waals surface area contributed by atoms with E-state index in [1.165, 1.54) is 12.0 Å². The van der Waals surface area contributed by atoms with Crippen molar-refractivity contribution in [3.05, 3.63) is 29.8 Å². The lowest BCUT2D eigenvalue weighted by molar-refractivity contribution is 0.298. The van der Waals surface area contributed by atoms with E-state index in [4.69, 9.17) is 11.2 Å². The summed E-state index contributed by atoms with van der Waals surface area (Å²) in [5.41, 5.74) is 1.22. The molecule has 0 saturated heterocycles. The molecule has 0 aliphatic heterocycles. The molecule has 0 aliphatic rings. The molecule has 20 heavy (non-hydrogen) atoms. The summed E-state index contributed by atoms with van der Waals surface area (Å²) in [6, 6.07) is 8.06. The number of terminal acetylenes is 1. The Kier molecular flexibility index (Phi) is 8.53. The first-order valence-corrected chi connectivity index (χ1v) is 7.38. The van der Waals surface area contributed by atoms with E-state index in [2.05, 4.69) is 36.1 Å². The molecule has 3 nitrogen and oxygen atoms in total. The second-order valence-electron chi connectivity index (χ2n) is 4.70. The second-order valence-corrected chi connectivity index (χ2v) is 4.70. The van der Waals surface area contributed by atoms with E-state index < -0.39 is 0 Å². The Bertz CT molecular complexity index is 408. The van der Waals surface area contributed by atoms with Gasteiger partial charge in [-0.25, -0.2) is 0 Å². The molecule has 1 N–H and O–H groups in total. The van der Waals surface area contributed by atoms with Crippen LogP contribution >= 0.6 is 0 Å². The van der Waals surface area contributed by atoms with Crippen molar-refractivity contribution in [3.63, 3.8) is 0 Å². The zero-order valence-corrected chi connectivity index (χ0v) is 12.7. The van der Waals surface area contributed by atoms with Crippen LogP contribution in [-0.4, -0.2) is 37.7 Å². The molecule has 0 amide bonds. The van der Waals surface area contributed by atoms with E-state index in [1.54, 1.807) is 0 Å². The minimum Gasteiger partial charge on any atom is -0.481 e. The van der Waals surface area contributed by atoms with Gasteiger partial charge in [-0.15, -0.1) is 6.42 Å². The molecular weight excluding hydrogens is 248 g/mol. The van der Waals surface area contributed by atoms with Gasteiger partial charge in [0.1, 0.15) is 12.4 Å². The van der Waals surface area contributed by atoms with Gasteiger partial charge in [0.15, 0.2) is 0 Å². The van der Waals surface area contributed by atoms with Crippen molar-refractivity contribution in [2.24, 2.45) is 0 Å². The van der Waals surface area contributed by atoms with Crippen molar-refractivity contribution < 1.29 is 4.74 Å². The van der Waals surface area contributed by atoms with Crippen LogP contribution in [0.2, 0.25) is 0 Å². The van der Waals surface area contributed by atoms with E-state index in [0.29, 0.717) is 6.61 Å². The zero-order valence-electron chi connectivity index (χ0n) is 12.7. The Morgan fingerprint density at radius 3 is 2.80 bits per heavy atom. The zero-order chi connectivity index (χ0) is 14.6. The van der Waals surface area contributed by atoms with Gasteiger partial charge in [-0.05, 0) is 50.3 Å². The third kappa shape index (κ3) is 6.60. The summed E-state index contributed by atoms with van der Waals surface area (Å²) in [7, 11) is 0. The molecule has 0 spiro atoms. The number of hydrogen-bond donors (Lipinski definition) is 1. The number of nitrogens with zero attached hydrogens (tertiary/aromatic N) is 1. The minimum absolute atomic E-state index is 0.320. The molecule has 0 aliphatic carbocycles. The van der Waals surface area contributed by atoms with Crippen molar-refractivity contribution in [3.8, 4) is 18.1 Å². The van der Waals surface area contributed by atoms with Gasteiger partial charge >= 0.3 is 0 Å². The van der Waals surface area contributed by atoms with Gasteiger partial charge in [0.25, 0.3) is 0 Å². The van der Waals surface area contributed by atoms with Gasteiger partial charge in [0, 0.05) is 6.54 Å². The largest absolute Gasteiger partial charge is 0.481 e. The average Bonchev–Trinajstić information content (AvgIpc) is 2.49. The first-order valence-electron chi connectivity index (χ1n) is 7.38. The van der Waals surface area contributed by atoms with Crippen molar-refractivity contribution in [2.75, 3.05) is 32.8 Å². The summed E-state index contributed by atoms with van der Waals surface area (Å²) in [6.45, 7) is 10.1. The normalized spacial score (nSPS) is 10.5. The molecule has 0 atom stereocenters. The molecule has 3 heteroatoms. The van der Waals surface area contributed by atoms with Gasteiger partial charge in [0.05, 0.1) is 0 Å². The molecule has 0 radical (unpaired) electrons. The molecular formula is C17H26N2O. The topological polar surface area (TPSA) is 24.5 Å². The first kappa shape index (κ1) is 16.6. The molecule has 0 unspecified atom stereocenters. The Morgan fingerprint density at radius 1 is 1.30 bits per heavy atom. The lowest BCUT2D eigenvalue weighted by Gasteiger charge is -2.17. The predicted molar refractivity (Wildman–Crippen MR) is 84.9 cm³/mol. The number of ether oxygens (including phenoxy) is 1. The van der Waals surface area contributed by atoms with Crippen LogP contribution < -0.4 is 10.1 Å². The number of benzene rings is 1. The minimum atomic E-state index is 0.320. The van der Waals surface area contributed by atoms with Gasteiger partial charge < -0.3 is 15.0 Å². The molecule has 110 valence electrons. The fourth-order valence-electron chi connectivity index (χ4n) is 2.07. The van der Waals surface area contributed by atoms with Crippen LogP contribution in [0.1, 0.15) is 25.8 Å². The summed E-state index contributed by atoms with van der Waals surface area (Å²) in [6.07, 6.45) is 6.36. The van der Waals surface area contributed by atoms with Gasteiger partial charge in [-0.2, -0.15) is 0 Å². The van der Waals surface area contributed by atoms with Crippen molar-refractivity contribution in [1.82, 2.24) is 10.2 Å². The molecule has 0 bridgehead atoms. The smallest absolute Gasteiger partial charge is 0.148 e. The number of rotatable bonds is 10. The predicted octanol–water partition coefficient (Wildman–Crippen LogP) is 2.52. The van der Waals surface area contributed by atoms with Crippen LogP contribution in [0.15, 0.2) is 24.3 Å². The second kappa shape index (κ2) is 10.3. The quantitative estimate of drug-likeness (QED) is 0.524. The highest BCUT2D eigenvalue weighted by atomic mass is 16.5. The SMILES string of the molecule is C#CCOc1cccc(CNCCCN(CC)CC)c1. The highest BCUT2D eigenvalue weighted by Gasteiger charge is 1.99. The van der Waals surface area contributed by atoms with E-state index in [1.807, 2.05) is 18.2 Å².